The highest BCUT2D eigenvalue weighted by atomic mass is 16.2. The van der Waals surface area contributed by atoms with Crippen LogP contribution in [0.1, 0.15) is 16.1 Å². The Morgan fingerprint density at radius 3 is 2.94 bits per heavy atom. The third-order valence-electron chi connectivity index (χ3n) is 2.74. The number of nitrogens with zero attached hydrogens (tertiary/aromatic N) is 3. The van der Waals surface area contributed by atoms with Gasteiger partial charge >= 0.3 is 0 Å². The quantitative estimate of drug-likeness (QED) is 0.672. The minimum absolute atomic E-state index is 0.253. The number of hydrogen-bond donors (Lipinski definition) is 2. The second-order valence-electron chi connectivity index (χ2n) is 4.10. The molecule has 0 radical (unpaired) electrons. The number of H-pyrrole nitrogens is 1. The maximum atomic E-state index is 12.2. The zero-order valence-electron chi connectivity index (χ0n) is 9.71. The summed E-state index contributed by atoms with van der Waals surface area (Å²) >= 11 is 0. The lowest BCUT2D eigenvalue weighted by Crippen LogP contribution is -2.16. The third-order valence-corrected chi connectivity index (χ3v) is 2.74. The number of anilines is 1. The van der Waals surface area contributed by atoms with Gasteiger partial charge in [0.1, 0.15) is 5.82 Å². The Labute approximate surface area is 102 Å². The van der Waals surface area contributed by atoms with E-state index in [-0.39, 0.29) is 5.91 Å². The Bertz CT molecular complexity index is 740. The Hall–Kier alpha value is -2.63. The van der Waals surface area contributed by atoms with Crippen molar-refractivity contribution in [2.75, 3.05) is 5.73 Å². The van der Waals surface area contributed by atoms with Crippen LogP contribution < -0.4 is 5.73 Å². The number of aryl methyl sites for hydroxylation is 1. The maximum absolute atomic E-state index is 12.2. The van der Waals surface area contributed by atoms with Crippen molar-refractivity contribution in [2.24, 2.45) is 0 Å². The van der Waals surface area contributed by atoms with Crippen LogP contribution in [-0.4, -0.2) is 25.9 Å². The van der Waals surface area contributed by atoms with E-state index in [1.807, 2.05) is 6.07 Å². The predicted molar refractivity (Wildman–Crippen MR) is 67.2 cm³/mol. The van der Waals surface area contributed by atoms with Crippen LogP contribution in [0.4, 0.5) is 5.82 Å². The first-order valence-corrected chi connectivity index (χ1v) is 5.45. The number of carbonyl (C=O) groups is 1. The van der Waals surface area contributed by atoms with Gasteiger partial charge < -0.3 is 5.73 Å². The van der Waals surface area contributed by atoms with E-state index >= 15 is 0 Å². The number of fused-ring (bicyclic) bond motifs is 1. The Balaban J connectivity index is 2.08. The van der Waals surface area contributed by atoms with E-state index in [2.05, 4.69) is 15.3 Å². The molecule has 3 aromatic rings. The number of carbonyl (C=O) groups excluding carboxylic acids is 1. The topological polar surface area (TPSA) is 89.6 Å². The number of aromatic amines is 1. The SMILES string of the molecule is Cc1cc(N)n(C(=O)c2ccc3cn[nH]c3c2)n1. The molecular formula is C12H11N5O. The molecule has 90 valence electrons. The van der Waals surface area contributed by atoms with Gasteiger partial charge in [-0.15, -0.1) is 0 Å². The van der Waals surface area contributed by atoms with Gasteiger partial charge in [-0.3, -0.25) is 9.89 Å². The summed E-state index contributed by atoms with van der Waals surface area (Å²) in [5.41, 5.74) is 7.77. The van der Waals surface area contributed by atoms with Gasteiger partial charge in [-0.2, -0.15) is 14.9 Å². The zero-order chi connectivity index (χ0) is 12.7. The van der Waals surface area contributed by atoms with E-state index in [9.17, 15) is 4.79 Å². The highest BCUT2D eigenvalue weighted by Crippen LogP contribution is 2.15. The molecule has 0 atom stereocenters. The molecule has 0 saturated carbocycles. The molecule has 6 nitrogen and oxygen atoms in total. The van der Waals surface area contributed by atoms with Crippen LogP contribution >= 0.6 is 0 Å². The highest BCUT2D eigenvalue weighted by Gasteiger charge is 2.13. The van der Waals surface area contributed by atoms with E-state index in [1.54, 1.807) is 31.3 Å². The summed E-state index contributed by atoms with van der Waals surface area (Å²) in [5.74, 6) is 0.0827. The summed E-state index contributed by atoms with van der Waals surface area (Å²) in [4.78, 5) is 12.2. The summed E-state index contributed by atoms with van der Waals surface area (Å²) in [5, 5.41) is 11.8. The summed E-state index contributed by atoms with van der Waals surface area (Å²) < 4.78 is 1.20. The molecule has 3 rings (SSSR count). The van der Waals surface area contributed by atoms with Gasteiger partial charge in [0, 0.05) is 17.0 Å². The smallest absolute Gasteiger partial charge is 0.280 e. The molecule has 0 bridgehead atoms. The van der Waals surface area contributed by atoms with Crippen molar-refractivity contribution < 1.29 is 4.79 Å². The molecule has 0 fully saturated rings. The van der Waals surface area contributed by atoms with Gasteiger partial charge in [0.2, 0.25) is 0 Å². The molecule has 18 heavy (non-hydrogen) atoms. The maximum Gasteiger partial charge on any atom is 0.280 e. The number of hydrogen-bond acceptors (Lipinski definition) is 4. The van der Waals surface area contributed by atoms with Crippen molar-refractivity contribution in [3.05, 3.63) is 41.7 Å². The fraction of sp³-hybridized carbons (Fsp3) is 0.0833. The number of nitrogen functional groups attached to an aromatic ring is 1. The second kappa shape index (κ2) is 3.69. The molecule has 6 heteroatoms. The van der Waals surface area contributed by atoms with Crippen LogP contribution in [0.5, 0.6) is 0 Å². The number of benzene rings is 1. The van der Waals surface area contributed by atoms with Crippen LogP contribution in [0, 0.1) is 6.92 Å². The number of aromatic nitrogens is 4. The molecule has 0 amide bonds. The van der Waals surface area contributed by atoms with Crippen molar-refractivity contribution in [3.8, 4) is 0 Å². The van der Waals surface area contributed by atoms with E-state index in [1.165, 1.54) is 4.68 Å². The molecule has 2 heterocycles. The molecule has 1 aromatic carbocycles. The van der Waals surface area contributed by atoms with Crippen molar-refractivity contribution >= 4 is 22.6 Å². The van der Waals surface area contributed by atoms with Gasteiger partial charge in [0.15, 0.2) is 0 Å². The first-order chi connectivity index (χ1) is 8.65. The predicted octanol–water partition coefficient (Wildman–Crippen LogP) is 1.34. The summed E-state index contributed by atoms with van der Waals surface area (Å²) in [7, 11) is 0. The number of nitrogens with one attached hydrogen (secondary N) is 1. The summed E-state index contributed by atoms with van der Waals surface area (Å²) in [6.45, 7) is 1.79. The molecule has 0 aliphatic rings. The Morgan fingerprint density at radius 2 is 2.22 bits per heavy atom. The van der Waals surface area contributed by atoms with Crippen LogP contribution in [0.2, 0.25) is 0 Å². The van der Waals surface area contributed by atoms with Gasteiger partial charge in [-0.05, 0) is 19.1 Å². The average molecular weight is 241 g/mol. The number of nitrogens with two attached hydrogens (primary N) is 1. The Morgan fingerprint density at radius 1 is 1.39 bits per heavy atom. The van der Waals surface area contributed by atoms with Crippen molar-refractivity contribution in [3.63, 3.8) is 0 Å². The second-order valence-corrected chi connectivity index (χ2v) is 4.10. The van der Waals surface area contributed by atoms with Crippen LogP contribution in [0.25, 0.3) is 10.9 Å². The van der Waals surface area contributed by atoms with Gasteiger partial charge in [0.25, 0.3) is 5.91 Å². The minimum Gasteiger partial charge on any atom is -0.383 e. The molecule has 0 saturated heterocycles. The summed E-state index contributed by atoms with van der Waals surface area (Å²) in [6.07, 6.45) is 1.70. The standard InChI is InChI=1S/C12H11N5O/c1-7-4-11(13)17(16-7)12(18)8-2-3-9-6-14-15-10(9)5-8/h2-6H,13H2,1H3,(H,14,15). The van der Waals surface area contributed by atoms with Crippen LogP contribution in [0.15, 0.2) is 30.5 Å². The average Bonchev–Trinajstić information content (AvgIpc) is 2.93. The Kier molecular flexibility index (Phi) is 2.16. The van der Waals surface area contributed by atoms with Crippen molar-refractivity contribution in [1.82, 2.24) is 20.0 Å². The molecule has 0 unspecified atom stereocenters. The van der Waals surface area contributed by atoms with E-state index in [4.69, 9.17) is 5.73 Å². The van der Waals surface area contributed by atoms with E-state index in [0.29, 0.717) is 17.1 Å². The van der Waals surface area contributed by atoms with Crippen molar-refractivity contribution in [2.45, 2.75) is 6.92 Å². The lowest BCUT2D eigenvalue weighted by molar-refractivity contribution is 0.0947. The van der Waals surface area contributed by atoms with Crippen molar-refractivity contribution in [1.29, 1.82) is 0 Å². The van der Waals surface area contributed by atoms with Gasteiger partial charge in [0.05, 0.1) is 17.4 Å². The first-order valence-electron chi connectivity index (χ1n) is 5.45. The lowest BCUT2D eigenvalue weighted by atomic mass is 10.1. The van der Waals surface area contributed by atoms with E-state index in [0.717, 1.165) is 10.9 Å². The normalized spacial score (nSPS) is 10.9. The lowest BCUT2D eigenvalue weighted by Gasteiger charge is -2.02. The molecule has 0 aliphatic heterocycles. The van der Waals surface area contributed by atoms with E-state index < -0.39 is 0 Å². The van der Waals surface area contributed by atoms with Crippen LogP contribution in [-0.2, 0) is 0 Å². The fourth-order valence-corrected chi connectivity index (χ4v) is 1.87. The third kappa shape index (κ3) is 1.55. The molecule has 2 aromatic heterocycles. The highest BCUT2D eigenvalue weighted by molar-refractivity contribution is 5.99. The fourth-order valence-electron chi connectivity index (χ4n) is 1.87. The summed E-state index contributed by atoms with van der Waals surface area (Å²) in [6, 6.07) is 6.96. The molecule has 3 N–H and O–H groups in total. The zero-order valence-corrected chi connectivity index (χ0v) is 9.71. The molecule has 0 spiro atoms. The molecule has 0 aliphatic carbocycles. The van der Waals surface area contributed by atoms with Gasteiger partial charge in [-0.25, -0.2) is 0 Å². The number of rotatable bonds is 1. The van der Waals surface area contributed by atoms with Gasteiger partial charge in [-0.1, -0.05) is 6.07 Å². The monoisotopic (exact) mass is 241 g/mol. The van der Waals surface area contributed by atoms with Crippen LogP contribution in [0.3, 0.4) is 0 Å². The first kappa shape index (κ1) is 10.5. The minimum atomic E-state index is -0.253. The molecular weight excluding hydrogens is 230 g/mol. The largest absolute Gasteiger partial charge is 0.383 e.